The molecule has 0 atom stereocenters. The summed E-state index contributed by atoms with van der Waals surface area (Å²) in [5, 5.41) is 12.8. The van der Waals surface area contributed by atoms with Crippen LogP contribution in [-0.2, 0) is 19.1 Å². The van der Waals surface area contributed by atoms with E-state index < -0.39 is 26.7 Å². The van der Waals surface area contributed by atoms with Gasteiger partial charge in [-0.2, -0.15) is 8.42 Å². The first-order chi connectivity index (χ1) is 10.6. The molecule has 128 valence electrons. The van der Waals surface area contributed by atoms with E-state index in [4.69, 9.17) is 11.6 Å². The van der Waals surface area contributed by atoms with Gasteiger partial charge in [0.25, 0.3) is 15.8 Å². The second kappa shape index (κ2) is 8.20. The maximum absolute atomic E-state index is 11.7. The number of nitrogens with one attached hydrogen (secondary N) is 1. The molecule has 0 aliphatic heterocycles. The molecule has 0 fully saturated rings. The molecule has 23 heavy (non-hydrogen) atoms. The SMILES string of the molecule is CN(C)CCOS(=O)(=O)CC(=O)Nc1ccc([N+](=O)[O-])cc1Cl. The summed E-state index contributed by atoms with van der Waals surface area (Å²) in [6.07, 6.45) is 0. The molecule has 0 bridgehead atoms. The number of halogens is 1. The molecule has 1 aromatic carbocycles. The van der Waals surface area contributed by atoms with E-state index >= 15 is 0 Å². The zero-order chi connectivity index (χ0) is 17.6. The van der Waals surface area contributed by atoms with E-state index in [-0.39, 0.29) is 23.0 Å². The second-order valence-corrected chi connectivity index (χ2v) is 6.84. The Morgan fingerprint density at radius 1 is 1.43 bits per heavy atom. The van der Waals surface area contributed by atoms with Gasteiger partial charge in [-0.15, -0.1) is 0 Å². The van der Waals surface area contributed by atoms with Crippen molar-refractivity contribution in [2.24, 2.45) is 0 Å². The van der Waals surface area contributed by atoms with Crippen LogP contribution < -0.4 is 5.32 Å². The van der Waals surface area contributed by atoms with Crippen LogP contribution in [0.1, 0.15) is 0 Å². The summed E-state index contributed by atoms with van der Waals surface area (Å²) in [5.74, 6) is -1.74. The average molecular weight is 366 g/mol. The molecule has 0 spiro atoms. The maximum atomic E-state index is 11.7. The maximum Gasteiger partial charge on any atom is 0.276 e. The number of nitro groups is 1. The van der Waals surface area contributed by atoms with Crippen LogP contribution in [-0.4, -0.2) is 57.1 Å². The van der Waals surface area contributed by atoms with Gasteiger partial charge in [0.15, 0.2) is 5.75 Å². The molecule has 0 saturated heterocycles. The third-order valence-electron chi connectivity index (χ3n) is 2.55. The van der Waals surface area contributed by atoms with Crippen molar-refractivity contribution < 1.29 is 22.3 Å². The molecule has 0 heterocycles. The van der Waals surface area contributed by atoms with E-state index in [9.17, 15) is 23.3 Å². The van der Waals surface area contributed by atoms with Crippen molar-refractivity contribution in [1.82, 2.24) is 4.90 Å². The number of amides is 1. The van der Waals surface area contributed by atoms with Gasteiger partial charge in [-0.05, 0) is 20.2 Å². The fraction of sp³-hybridized carbons (Fsp3) is 0.417. The van der Waals surface area contributed by atoms with Gasteiger partial charge in [-0.25, -0.2) is 0 Å². The second-order valence-electron chi connectivity index (χ2n) is 4.80. The first-order valence-electron chi connectivity index (χ1n) is 6.36. The predicted molar refractivity (Wildman–Crippen MR) is 85.0 cm³/mol. The van der Waals surface area contributed by atoms with E-state index in [1.165, 1.54) is 6.07 Å². The Hall–Kier alpha value is -1.75. The largest absolute Gasteiger partial charge is 0.324 e. The molecule has 1 rings (SSSR count). The number of anilines is 1. The number of carbonyl (C=O) groups is 1. The molecular weight excluding hydrogens is 350 g/mol. The van der Waals surface area contributed by atoms with Crippen LogP contribution in [0.2, 0.25) is 5.02 Å². The normalized spacial score (nSPS) is 11.5. The van der Waals surface area contributed by atoms with Crippen molar-refractivity contribution >= 4 is 39.0 Å². The van der Waals surface area contributed by atoms with Gasteiger partial charge in [-0.1, -0.05) is 11.6 Å². The summed E-state index contributed by atoms with van der Waals surface area (Å²) in [6, 6.07) is 3.42. The molecule has 0 aromatic heterocycles. The van der Waals surface area contributed by atoms with Crippen molar-refractivity contribution in [2.45, 2.75) is 0 Å². The van der Waals surface area contributed by atoms with Gasteiger partial charge in [0.05, 0.1) is 22.2 Å². The van der Waals surface area contributed by atoms with Crippen LogP contribution in [0.3, 0.4) is 0 Å². The minimum atomic E-state index is -4.02. The van der Waals surface area contributed by atoms with Gasteiger partial charge in [0.1, 0.15) is 0 Å². The minimum Gasteiger partial charge on any atom is -0.324 e. The minimum absolute atomic E-state index is 0.0686. The Kier molecular flexibility index (Phi) is 6.88. The summed E-state index contributed by atoms with van der Waals surface area (Å²) < 4.78 is 27.9. The van der Waals surface area contributed by atoms with Crippen molar-refractivity contribution in [1.29, 1.82) is 0 Å². The number of nitrogens with zero attached hydrogens (tertiary/aromatic N) is 2. The van der Waals surface area contributed by atoms with E-state index in [0.29, 0.717) is 6.54 Å². The van der Waals surface area contributed by atoms with Crippen molar-refractivity contribution in [3.05, 3.63) is 33.3 Å². The smallest absolute Gasteiger partial charge is 0.276 e. The molecule has 1 amide bonds. The van der Waals surface area contributed by atoms with E-state index in [0.717, 1.165) is 12.1 Å². The molecular formula is C12H16ClN3O6S. The van der Waals surface area contributed by atoms with Gasteiger partial charge < -0.3 is 10.2 Å². The zero-order valence-corrected chi connectivity index (χ0v) is 14.1. The number of likely N-dealkylation sites (N-methyl/N-ethyl adjacent to an activating group) is 1. The molecule has 0 unspecified atom stereocenters. The summed E-state index contributed by atoms with van der Waals surface area (Å²) in [7, 11) is -0.522. The van der Waals surface area contributed by atoms with Crippen LogP contribution >= 0.6 is 11.6 Å². The van der Waals surface area contributed by atoms with Crippen LogP contribution in [0, 0.1) is 10.1 Å². The van der Waals surface area contributed by atoms with Crippen LogP contribution in [0.25, 0.3) is 0 Å². The topological polar surface area (TPSA) is 119 Å². The van der Waals surface area contributed by atoms with E-state index in [2.05, 4.69) is 9.50 Å². The summed E-state index contributed by atoms with van der Waals surface area (Å²) in [4.78, 5) is 23.4. The van der Waals surface area contributed by atoms with Crippen molar-refractivity contribution in [3.63, 3.8) is 0 Å². The number of hydrogen-bond donors (Lipinski definition) is 1. The number of carbonyl (C=O) groups excluding carboxylic acids is 1. The lowest BCUT2D eigenvalue weighted by Gasteiger charge is -2.10. The van der Waals surface area contributed by atoms with Crippen LogP contribution in [0.4, 0.5) is 11.4 Å². The molecule has 0 aliphatic rings. The molecule has 0 radical (unpaired) electrons. The molecule has 11 heteroatoms. The molecule has 9 nitrogen and oxygen atoms in total. The summed E-state index contributed by atoms with van der Waals surface area (Å²) >= 11 is 5.80. The highest BCUT2D eigenvalue weighted by Gasteiger charge is 2.19. The lowest BCUT2D eigenvalue weighted by molar-refractivity contribution is -0.384. The Morgan fingerprint density at radius 3 is 2.61 bits per heavy atom. The Balaban J connectivity index is 2.64. The Labute approximate surface area is 138 Å². The lowest BCUT2D eigenvalue weighted by atomic mass is 10.3. The third kappa shape index (κ3) is 6.91. The number of non-ortho nitro benzene ring substituents is 1. The van der Waals surface area contributed by atoms with Crippen molar-refractivity contribution in [3.8, 4) is 0 Å². The molecule has 0 aliphatic carbocycles. The number of hydrogen-bond acceptors (Lipinski definition) is 7. The van der Waals surface area contributed by atoms with Crippen molar-refractivity contribution in [2.75, 3.05) is 38.3 Å². The average Bonchev–Trinajstić information content (AvgIpc) is 2.39. The first kappa shape index (κ1) is 19.3. The first-order valence-corrected chi connectivity index (χ1v) is 8.32. The summed E-state index contributed by atoms with van der Waals surface area (Å²) in [6.45, 7) is 0.315. The number of nitro benzene ring substituents is 1. The highest BCUT2D eigenvalue weighted by atomic mass is 35.5. The highest BCUT2D eigenvalue weighted by Crippen LogP contribution is 2.26. The molecule has 1 N–H and O–H groups in total. The fourth-order valence-corrected chi connectivity index (χ4v) is 2.48. The third-order valence-corrected chi connectivity index (χ3v) is 4.00. The number of rotatable bonds is 8. The van der Waals surface area contributed by atoms with Gasteiger partial charge in [0, 0.05) is 18.7 Å². The molecule has 1 aromatic rings. The Bertz CT molecular complexity index is 692. The van der Waals surface area contributed by atoms with Gasteiger partial charge >= 0.3 is 0 Å². The lowest BCUT2D eigenvalue weighted by Crippen LogP contribution is -2.27. The van der Waals surface area contributed by atoms with Gasteiger partial charge in [0.2, 0.25) is 5.91 Å². The van der Waals surface area contributed by atoms with E-state index in [1.807, 2.05) is 0 Å². The quantitative estimate of drug-likeness (QED) is 0.416. The monoisotopic (exact) mass is 365 g/mol. The van der Waals surface area contributed by atoms with Crippen LogP contribution in [0.15, 0.2) is 18.2 Å². The standard InChI is InChI=1S/C12H16ClN3O6S/c1-15(2)5-6-22-23(20,21)8-12(17)14-11-4-3-9(16(18)19)7-10(11)13/h3-4,7H,5-6,8H2,1-2H3,(H,14,17). The number of benzene rings is 1. The molecule has 0 saturated carbocycles. The highest BCUT2D eigenvalue weighted by molar-refractivity contribution is 7.87. The summed E-state index contributed by atoms with van der Waals surface area (Å²) in [5.41, 5.74) is -0.168. The fourth-order valence-electron chi connectivity index (χ4n) is 1.45. The van der Waals surface area contributed by atoms with Gasteiger partial charge in [-0.3, -0.25) is 19.1 Å². The van der Waals surface area contributed by atoms with E-state index in [1.54, 1.807) is 19.0 Å². The zero-order valence-electron chi connectivity index (χ0n) is 12.5. The predicted octanol–water partition coefficient (Wildman–Crippen LogP) is 1.09. The Morgan fingerprint density at radius 2 is 2.09 bits per heavy atom. The van der Waals surface area contributed by atoms with Crippen LogP contribution in [0.5, 0.6) is 0 Å².